The molecular formula is C13H13ClN2OS. The second-order valence-electron chi connectivity index (χ2n) is 3.85. The van der Waals surface area contributed by atoms with Crippen LogP contribution < -0.4 is 5.73 Å². The van der Waals surface area contributed by atoms with Gasteiger partial charge in [-0.2, -0.15) is 0 Å². The molecule has 0 bridgehead atoms. The fourth-order valence-electron chi connectivity index (χ4n) is 1.56. The first-order chi connectivity index (χ1) is 8.66. The molecule has 0 spiro atoms. The minimum absolute atomic E-state index is 0.494. The highest BCUT2D eigenvalue weighted by molar-refractivity contribution is 7.85. The molecule has 1 heterocycles. The molecule has 5 heteroatoms. The van der Waals surface area contributed by atoms with Crippen molar-refractivity contribution in [2.45, 2.75) is 11.3 Å². The topological polar surface area (TPSA) is 56.0 Å². The summed E-state index contributed by atoms with van der Waals surface area (Å²) in [6.45, 7) is 0. The largest absolute Gasteiger partial charge is 0.399 e. The number of hydrogen-bond donors (Lipinski definition) is 1. The third kappa shape index (κ3) is 3.31. The maximum atomic E-state index is 12.1. The van der Waals surface area contributed by atoms with E-state index in [-0.39, 0.29) is 0 Å². The van der Waals surface area contributed by atoms with Gasteiger partial charge in [-0.15, -0.1) is 0 Å². The molecule has 2 aromatic rings. The van der Waals surface area contributed by atoms with E-state index >= 15 is 0 Å². The van der Waals surface area contributed by atoms with Gasteiger partial charge in [-0.1, -0.05) is 17.7 Å². The second kappa shape index (κ2) is 5.98. The summed E-state index contributed by atoms with van der Waals surface area (Å²) >= 11 is 6.01. The number of nitrogens with zero attached hydrogens (tertiary/aromatic N) is 1. The van der Waals surface area contributed by atoms with Crippen molar-refractivity contribution in [2.75, 3.05) is 11.5 Å². The van der Waals surface area contributed by atoms with Gasteiger partial charge in [0.25, 0.3) is 0 Å². The molecule has 3 nitrogen and oxygen atoms in total. The van der Waals surface area contributed by atoms with Gasteiger partial charge in [0.1, 0.15) is 0 Å². The Kier molecular flexibility index (Phi) is 4.33. The van der Waals surface area contributed by atoms with Gasteiger partial charge >= 0.3 is 0 Å². The molecule has 0 amide bonds. The van der Waals surface area contributed by atoms with Crippen molar-refractivity contribution >= 4 is 28.1 Å². The lowest BCUT2D eigenvalue weighted by Gasteiger charge is -2.05. The molecule has 0 aliphatic carbocycles. The van der Waals surface area contributed by atoms with Crippen LogP contribution in [0.3, 0.4) is 0 Å². The number of aryl methyl sites for hydroxylation is 1. The predicted octanol–water partition coefficient (Wildman–Crippen LogP) is 2.67. The van der Waals surface area contributed by atoms with Crippen molar-refractivity contribution in [3.8, 4) is 0 Å². The Labute approximate surface area is 113 Å². The molecule has 2 rings (SSSR count). The molecule has 1 aromatic heterocycles. The summed E-state index contributed by atoms with van der Waals surface area (Å²) in [6.07, 6.45) is 4.19. The lowest BCUT2D eigenvalue weighted by Crippen LogP contribution is -2.03. The molecule has 0 radical (unpaired) electrons. The minimum Gasteiger partial charge on any atom is -0.399 e. The summed E-state index contributed by atoms with van der Waals surface area (Å²) in [6, 6.07) is 8.87. The maximum Gasteiger partial charge on any atom is 0.0594 e. The van der Waals surface area contributed by atoms with Gasteiger partial charge in [-0.05, 0) is 36.2 Å². The van der Waals surface area contributed by atoms with Crippen molar-refractivity contribution < 1.29 is 4.21 Å². The standard InChI is InChI=1S/C13H13ClN2OS/c14-12-4-3-11(15)8-13(12)18(17)7-5-10-2-1-6-16-9-10/h1-4,6,8-9H,5,7,15H2. The van der Waals surface area contributed by atoms with E-state index in [1.165, 1.54) is 0 Å². The van der Waals surface area contributed by atoms with E-state index < -0.39 is 10.8 Å². The summed E-state index contributed by atoms with van der Waals surface area (Å²) in [5.41, 5.74) is 7.30. The molecule has 1 unspecified atom stereocenters. The summed E-state index contributed by atoms with van der Waals surface area (Å²) in [7, 11) is -1.15. The zero-order chi connectivity index (χ0) is 13.0. The van der Waals surface area contributed by atoms with Crippen LogP contribution in [0.5, 0.6) is 0 Å². The van der Waals surface area contributed by atoms with Crippen molar-refractivity contribution in [1.82, 2.24) is 4.98 Å². The van der Waals surface area contributed by atoms with Crippen LogP contribution in [0.2, 0.25) is 5.02 Å². The predicted molar refractivity (Wildman–Crippen MR) is 75.1 cm³/mol. The first-order valence-corrected chi connectivity index (χ1v) is 7.19. The molecule has 0 aliphatic rings. The Morgan fingerprint density at radius 2 is 2.17 bits per heavy atom. The fourth-order valence-corrected chi connectivity index (χ4v) is 3.13. The second-order valence-corrected chi connectivity index (χ2v) is 5.80. The average Bonchev–Trinajstić information content (AvgIpc) is 2.40. The number of anilines is 1. The number of pyridine rings is 1. The summed E-state index contributed by atoms with van der Waals surface area (Å²) in [5.74, 6) is 0.509. The summed E-state index contributed by atoms with van der Waals surface area (Å²) in [5, 5.41) is 0.494. The number of nitrogen functional groups attached to an aromatic ring is 1. The van der Waals surface area contributed by atoms with Crippen molar-refractivity contribution in [3.63, 3.8) is 0 Å². The van der Waals surface area contributed by atoms with Crippen LogP contribution in [0.15, 0.2) is 47.6 Å². The molecule has 0 fully saturated rings. The van der Waals surface area contributed by atoms with E-state index in [9.17, 15) is 4.21 Å². The molecule has 0 aliphatic heterocycles. The molecule has 0 saturated carbocycles. The Morgan fingerprint density at radius 3 is 2.89 bits per heavy atom. The maximum absolute atomic E-state index is 12.1. The number of rotatable bonds is 4. The van der Waals surface area contributed by atoms with Crippen LogP contribution in [0.25, 0.3) is 0 Å². The molecule has 0 saturated heterocycles. The average molecular weight is 281 g/mol. The Balaban J connectivity index is 2.06. The van der Waals surface area contributed by atoms with E-state index in [2.05, 4.69) is 4.98 Å². The highest BCUT2D eigenvalue weighted by atomic mass is 35.5. The Morgan fingerprint density at radius 1 is 1.33 bits per heavy atom. The zero-order valence-corrected chi connectivity index (χ0v) is 11.2. The van der Waals surface area contributed by atoms with E-state index in [1.54, 1.807) is 30.6 Å². The summed E-state index contributed by atoms with van der Waals surface area (Å²) in [4.78, 5) is 4.62. The third-order valence-electron chi connectivity index (χ3n) is 2.50. The fraction of sp³-hybridized carbons (Fsp3) is 0.154. The number of halogens is 1. The van der Waals surface area contributed by atoms with Crippen LogP contribution in [0.1, 0.15) is 5.56 Å². The molecule has 2 N–H and O–H groups in total. The number of benzene rings is 1. The van der Waals surface area contributed by atoms with Crippen molar-refractivity contribution in [2.24, 2.45) is 0 Å². The van der Waals surface area contributed by atoms with Gasteiger partial charge in [0.2, 0.25) is 0 Å². The van der Waals surface area contributed by atoms with Crippen LogP contribution >= 0.6 is 11.6 Å². The normalized spacial score (nSPS) is 12.3. The van der Waals surface area contributed by atoms with Gasteiger partial charge in [-0.3, -0.25) is 9.19 Å². The molecule has 1 aromatic carbocycles. The third-order valence-corrected chi connectivity index (χ3v) is 4.34. The lowest BCUT2D eigenvalue weighted by atomic mass is 10.2. The lowest BCUT2D eigenvalue weighted by molar-refractivity contribution is 0.682. The molecule has 94 valence electrons. The van der Waals surface area contributed by atoms with E-state index in [1.807, 2.05) is 12.1 Å². The van der Waals surface area contributed by atoms with Gasteiger partial charge in [-0.25, -0.2) is 0 Å². The molecule has 18 heavy (non-hydrogen) atoms. The first kappa shape index (κ1) is 13.1. The van der Waals surface area contributed by atoms with Crippen LogP contribution in [-0.2, 0) is 17.2 Å². The quantitative estimate of drug-likeness (QED) is 0.876. The highest BCUT2D eigenvalue weighted by Crippen LogP contribution is 2.22. The number of nitrogens with two attached hydrogens (primary N) is 1. The van der Waals surface area contributed by atoms with Crippen molar-refractivity contribution in [1.29, 1.82) is 0 Å². The Hall–Kier alpha value is -1.39. The van der Waals surface area contributed by atoms with Crippen molar-refractivity contribution in [3.05, 3.63) is 53.3 Å². The van der Waals surface area contributed by atoms with E-state index in [0.29, 0.717) is 27.8 Å². The van der Waals surface area contributed by atoms with Gasteiger partial charge in [0.05, 0.1) is 20.7 Å². The van der Waals surface area contributed by atoms with E-state index in [4.69, 9.17) is 17.3 Å². The van der Waals surface area contributed by atoms with Crippen LogP contribution in [0, 0.1) is 0 Å². The first-order valence-electron chi connectivity index (χ1n) is 5.49. The number of hydrogen-bond acceptors (Lipinski definition) is 3. The summed E-state index contributed by atoms with van der Waals surface area (Å²) < 4.78 is 12.1. The highest BCUT2D eigenvalue weighted by Gasteiger charge is 2.09. The monoisotopic (exact) mass is 280 g/mol. The number of aromatic nitrogens is 1. The van der Waals surface area contributed by atoms with Crippen LogP contribution in [0.4, 0.5) is 5.69 Å². The molecule has 1 atom stereocenters. The van der Waals surface area contributed by atoms with Gasteiger partial charge < -0.3 is 5.73 Å². The Bertz CT molecular complexity index is 560. The zero-order valence-electron chi connectivity index (χ0n) is 9.67. The van der Waals surface area contributed by atoms with Crippen LogP contribution in [-0.4, -0.2) is 14.9 Å². The minimum atomic E-state index is -1.15. The van der Waals surface area contributed by atoms with Gasteiger partial charge in [0.15, 0.2) is 0 Å². The smallest absolute Gasteiger partial charge is 0.0594 e. The van der Waals surface area contributed by atoms with Gasteiger partial charge in [0, 0.05) is 23.8 Å². The molecular weight excluding hydrogens is 268 g/mol. The SMILES string of the molecule is Nc1ccc(Cl)c(S(=O)CCc2cccnc2)c1. The van der Waals surface area contributed by atoms with E-state index in [0.717, 1.165) is 5.56 Å².